The quantitative estimate of drug-likeness (QED) is 0.744. The van der Waals surface area contributed by atoms with Gasteiger partial charge in [0.1, 0.15) is 0 Å². The predicted molar refractivity (Wildman–Crippen MR) is 59.4 cm³/mol. The van der Waals surface area contributed by atoms with Gasteiger partial charge in [-0.1, -0.05) is 12.1 Å². The topological polar surface area (TPSA) is 39.9 Å². The Morgan fingerprint density at radius 3 is 1.73 bits per heavy atom. The molecule has 1 radical (unpaired) electrons. The van der Waals surface area contributed by atoms with Crippen molar-refractivity contribution in [3.8, 4) is 0 Å². The average Bonchev–Trinajstić information content (AvgIpc) is 2.24. The average molecular weight is 198 g/mol. The second kappa shape index (κ2) is 4.09. The lowest BCUT2D eigenvalue weighted by Gasteiger charge is -2.05. The van der Waals surface area contributed by atoms with Gasteiger partial charge in [-0.2, -0.15) is 0 Å². The van der Waals surface area contributed by atoms with Crippen molar-refractivity contribution in [3.63, 3.8) is 0 Å². The highest BCUT2D eigenvalue weighted by Gasteiger charge is 2.04. The first-order chi connectivity index (χ1) is 7.27. The molecule has 0 spiro atoms. The summed E-state index contributed by atoms with van der Waals surface area (Å²) in [6, 6.07) is 7.79. The smallest absolute Gasteiger partial charge is 0.157 e. The lowest BCUT2D eigenvalue weighted by Crippen LogP contribution is -1.98. The maximum absolute atomic E-state index is 4.42. The number of hydrogen-bond acceptors (Lipinski definition) is 2. The number of aromatic nitrogens is 2. The summed E-state index contributed by atoms with van der Waals surface area (Å²) in [6.07, 6.45) is 3.48. The standard InChI is InChI=1S/C12H12N3/c1-9-5-3-7-13-11(9)15-12-10(2)6-4-8-14-12/h3-8H,1-2H3. The van der Waals surface area contributed by atoms with Crippen molar-refractivity contribution in [2.24, 2.45) is 0 Å². The van der Waals surface area contributed by atoms with E-state index in [0.717, 1.165) is 22.8 Å². The van der Waals surface area contributed by atoms with Crippen LogP contribution in [-0.2, 0) is 0 Å². The van der Waals surface area contributed by atoms with Crippen LogP contribution >= 0.6 is 0 Å². The van der Waals surface area contributed by atoms with Gasteiger partial charge < -0.3 is 0 Å². The van der Waals surface area contributed by atoms with Crippen molar-refractivity contribution in [2.75, 3.05) is 0 Å². The van der Waals surface area contributed by atoms with E-state index in [1.165, 1.54) is 0 Å². The minimum atomic E-state index is 0.735. The largest absolute Gasteiger partial charge is 0.237 e. The molecule has 75 valence electrons. The van der Waals surface area contributed by atoms with Gasteiger partial charge in [0, 0.05) is 12.4 Å². The molecule has 0 N–H and O–H groups in total. The molecular formula is C12H12N3. The van der Waals surface area contributed by atoms with Crippen LogP contribution in [0.5, 0.6) is 0 Å². The first kappa shape index (κ1) is 9.65. The van der Waals surface area contributed by atoms with E-state index in [1.807, 2.05) is 38.1 Å². The van der Waals surface area contributed by atoms with E-state index in [-0.39, 0.29) is 0 Å². The molecule has 3 heteroatoms. The monoisotopic (exact) mass is 198 g/mol. The Balaban J connectivity index is 2.30. The summed E-state index contributed by atoms with van der Waals surface area (Å²) >= 11 is 0. The molecule has 0 bridgehead atoms. The van der Waals surface area contributed by atoms with Crippen LogP contribution in [0.1, 0.15) is 11.1 Å². The van der Waals surface area contributed by atoms with Gasteiger partial charge in [-0.25, -0.2) is 15.3 Å². The third-order valence-corrected chi connectivity index (χ3v) is 2.18. The molecule has 0 unspecified atom stereocenters. The van der Waals surface area contributed by atoms with Crippen LogP contribution < -0.4 is 5.32 Å². The van der Waals surface area contributed by atoms with Gasteiger partial charge in [0.15, 0.2) is 11.6 Å². The van der Waals surface area contributed by atoms with Crippen molar-refractivity contribution in [3.05, 3.63) is 47.8 Å². The normalized spacial score (nSPS) is 10.0. The number of nitrogens with zero attached hydrogens (tertiary/aromatic N) is 3. The second-order valence-electron chi connectivity index (χ2n) is 3.40. The van der Waals surface area contributed by atoms with Gasteiger partial charge in [-0.15, -0.1) is 0 Å². The molecule has 15 heavy (non-hydrogen) atoms. The summed E-state index contributed by atoms with van der Waals surface area (Å²) < 4.78 is 0. The Hall–Kier alpha value is -1.90. The minimum absolute atomic E-state index is 0.735. The number of hydrogen-bond donors (Lipinski definition) is 0. The molecule has 2 rings (SSSR count). The summed E-state index contributed by atoms with van der Waals surface area (Å²) in [5.41, 5.74) is 2.12. The van der Waals surface area contributed by atoms with Gasteiger partial charge in [0.25, 0.3) is 0 Å². The Morgan fingerprint density at radius 2 is 1.33 bits per heavy atom. The van der Waals surface area contributed by atoms with Crippen molar-refractivity contribution in [1.82, 2.24) is 15.3 Å². The van der Waals surface area contributed by atoms with E-state index in [9.17, 15) is 0 Å². The molecule has 0 fully saturated rings. The molecule has 2 aromatic rings. The first-order valence-corrected chi connectivity index (χ1v) is 4.82. The molecule has 0 aliphatic carbocycles. The Kier molecular flexibility index (Phi) is 2.63. The van der Waals surface area contributed by atoms with Crippen LogP contribution in [0.4, 0.5) is 11.6 Å². The Bertz CT molecular complexity index is 422. The Labute approximate surface area is 89.2 Å². The van der Waals surface area contributed by atoms with Crippen LogP contribution in [0, 0.1) is 13.8 Å². The highest BCUT2D eigenvalue weighted by atomic mass is 15.1. The first-order valence-electron chi connectivity index (χ1n) is 4.82. The highest BCUT2D eigenvalue weighted by Crippen LogP contribution is 2.18. The van der Waals surface area contributed by atoms with Gasteiger partial charge in [0.2, 0.25) is 0 Å². The highest BCUT2D eigenvalue weighted by molar-refractivity contribution is 5.47. The van der Waals surface area contributed by atoms with Crippen molar-refractivity contribution in [1.29, 1.82) is 0 Å². The molecule has 0 saturated heterocycles. The molecule has 0 aliphatic rings. The lowest BCUT2D eigenvalue weighted by molar-refractivity contribution is 1.01. The summed E-state index contributed by atoms with van der Waals surface area (Å²) in [5, 5.41) is 4.42. The molecule has 3 nitrogen and oxygen atoms in total. The second-order valence-corrected chi connectivity index (χ2v) is 3.40. The molecule has 0 aliphatic heterocycles. The van der Waals surface area contributed by atoms with Crippen LogP contribution in [0.2, 0.25) is 0 Å². The zero-order chi connectivity index (χ0) is 10.7. The molecule has 0 atom stereocenters. The fourth-order valence-electron chi connectivity index (χ4n) is 1.29. The SMILES string of the molecule is Cc1cccnc1[N]c1ncccc1C. The van der Waals surface area contributed by atoms with Crippen molar-refractivity contribution >= 4 is 11.6 Å². The fourth-order valence-corrected chi connectivity index (χ4v) is 1.29. The van der Waals surface area contributed by atoms with Gasteiger partial charge in [-0.3, -0.25) is 0 Å². The lowest BCUT2D eigenvalue weighted by atomic mass is 10.2. The van der Waals surface area contributed by atoms with Crippen LogP contribution in [0.15, 0.2) is 36.7 Å². The maximum atomic E-state index is 4.42. The number of pyridine rings is 2. The summed E-state index contributed by atoms with van der Waals surface area (Å²) in [7, 11) is 0. The summed E-state index contributed by atoms with van der Waals surface area (Å²) in [4.78, 5) is 8.42. The molecular weight excluding hydrogens is 186 g/mol. The summed E-state index contributed by atoms with van der Waals surface area (Å²) in [6.45, 7) is 3.98. The predicted octanol–water partition coefficient (Wildman–Crippen LogP) is 2.66. The third kappa shape index (κ3) is 2.13. The van der Waals surface area contributed by atoms with Crippen molar-refractivity contribution < 1.29 is 0 Å². The molecule has 0 aromatic carbocycles. The number of rotatable bonds is 2. The van der Waals surface area contributed by atoms with Crippen LogP contribution in [0.3, 0.4) is 0 Å². The van der Waals surface area contributed by atoms with E-state index in [2.05, 4.69) is 15.3 Å². The maximum Gasteiger partial charge on any atom is 0.157 e. The van der Waals surface area contributed by atoms with Crippen LogP contribution in [-0.4, -0.2) is 9.97 Å². The zero-order valence-electron chi connectivity index (χ0n) is 8.81. The fraction of sp³-hybridized carbons (Fsp3) is 0.167. The van der Waals surface area contributed by atoms with E-state index < -0.39 is 0 Å². The van der Waals surface area contributed by atoms with Gasteiger partial charge >= 0.3 is 0 Å². The van der Waals surface area contributed by atoms with E-state index in [4.69, 9.17) is 0 Å². The van der Waals surface area contributed by atoms with Crippen LogP contribution in [0.25, 0.3) is 0 Å². The van der Waals surface area contributed by atoms with E-state index in [0.29, 0.717) is 0 Å². The van der Waals surface area contributed by atoms with Gasteiger partial charge in [-0.05, 0) is 37.1 Å². The molecule has 0 amide bonds. The van der Waals surface area contributed by atoms with Crippen molar-refractivity contribution in [2.45, 2.75) is 13.8 Å². The van der Waals surface area contributed by atoms with E-state index >= 15 is 0 Å². The molecule has 0 saturated carbocycles. The van der Waals surface area contributed by atoms with Gasteiger partial charge in [0.05, 0.1) is 0 Å². The zero-order valence-corrected chi connectivity index (χ0v) is 8.81. The summed E-state index contributed by atoms with van der Waals surface area (Å²) in [5.74, 6) is 1.47. The molecule has 2 aromatic heterocycles. The third-order valence-electron chi connectivity index (χ3n) is 2.18. The Morgan fingerprint density at radius 1 is 0.867 bits per heavy atom. The number of aryl methyl sites for hydroxylation is 2. The minimum Gasteiger partial charge on any atom is -0.237 e. The molecule has 2 heterocycles. The van der Waals surface area contributed by atoms with E-state index in [1.54, 1.807) is 12.4 Å².